The number of hydrogen-bond acceptors (Lipinski definition) is 4. The molecule has 1 fully saturated rings. The zero-order valence-electron chi connectivity index (χ0n) is 8.69. The molecule has 4 nitrogen and oxygen atoms in total. The van der Waals surface area contributed by atoms with Crippen LogP contribution in [0.3, 0.4) is 0 Å². The first-order valence-corrected chi connectivity index (χ1v) is 6.02. The Morgan fingerprint density at radius 3 is 3.13 bits per heavy atom. The maximum atomic E-state index is 11.2. The van der Waals surface area contributed by atoms with Gasteiger partial charge in [-0.05, 0) is 19.8 Å². The van der Waals surface area contributed by atoms with Gasteiger partial charge in [-0.2, -0.15) is 0 Å². The molecule has 0 saturated heterocycles. The van der Waals surface area contributed by atoms with E-state index < -0.39 is 6.04 Å². The van der Waals surface area contributed by atoms with Crippen LogP contribution in [-0.4, -0.2) is 16.9 Å². The summed E-state index contributed by atoms with van der Waals surface area (Å²) in [5.41, 5.74) is 6.62. The van der Waals surface area contributed by atoms with Gasteiger partial charge in [0.1, 0.15) is 5.01 Å². The van der Waals surface area contributed by atoms with Gasteiger partial charge in [0.05, 0.1) is 18.3 Å². The highest BCUT2D eigenvalue weighted by molar-refractivity contribution is 7.09. The number of nitrogens with one attached hydrogen (secondary N) is 1. The van der Waals surface area contributed by atoms with Gasteiger partial charge in [-0.1, -0.05) is 0 Å². The fourth-order valence-corrected chi connectivity index (χ4v) is 2.11. The zero-order chi connectivity index (χ0) is 10.8. The van der Waals surface area contributed by atoms with Gasteiger partial charge >= 0.3 is 0 Å². The van der Waals surface area contributed by atoms with E-state index in [0.29, 0.717) is 12.5 Å². The first-order valence-electron chi connectivity index (χ1n) is 5.14. The van der Waals surface area contributed by atoms with E-state index in [9.17, 15) is 4.79 Å². The van der Waals surface area contributed by atoms with Crippen molar-refractivity contribution in [3.63, 3.8) is 0 Å². The van der Waals surface area contributed by atoms with E-state index >= 15 is 0 Å². The van der Waals surface area contributed by atoms with Crippen molar-refractivity contribution in [3.05, 3.63) is 16.1 Å². The molecule has 1 heterocycles. The molecule has 5 heteroatoms. The van der Waals surface area contributed by atoms with Crippen molar-refractivity contribution in [3.8, 4) is 0 Å². The Morgan fingerprint density at radius 2 is 2.53 bits per heavy atom. The van der Waals surface area contributed by atoms with Gasteiger partial charge in [0.25, 0.3) is 0 Å². The smallest absolute Gasteiger partial charge is 0.236 e. The quantitative estimate of drug-likeness (QED) is 0.802. The lowest BCUT2D eigenvalue weighted by Gasteiger charge is -2.04. The lowest BCUT2D eigenvalue weighted by atomic mass is 10.3. The fourth-order valence-electron chi connectivity index (χ4n) is 1.30. The zero-order valence-corrected chi connectivity index (χ0v) is 9.51. The number of carbonyl (C=O) groups excluding carboxylic acids is 1. The number of carbonyl (C=O) groups is 1. The molecule has 0 radical (unpaired) electrons. The van der Waals surface area contributed by atoms with Gasteiger partial charge in [0, 0.05) is 11.3 Å². The highest BCUT2D eigenvalue weighted by atomic mass is 32.1. The van der Waals surface area contributed by atoms with Crippen LogP contribution in [0, 0.1) is 0 Å². The summed E-state index contributed by atoms with van der Waals surface area (Å²) in [6, 6.07) is -0.451. The van der Waals surface area contributed by atoms with Crippen molar-refractivity contribution >= 4 is 17.2 Å². The molecule has 1 aliphatic rings. The van der Waals surface area contributed by atoms with Gasteiger partial charge in [-0.25, -0.2) is 4.98 Å². The van der Waals surface area contributed by atoms with Crippen molar-refractivity contribution in [2.75, 3.05) is 0 Å². The van der Waals surface area contributed by atoms with Crippen molar-refractivity contribution in [2.45, 2.75) is 38.3 Å². The Balaban J connectivity index is 1.85. The maximum Gasteiger partial charge on any atom is 0.236 e. The summed E-state index contributed by atoms with van der Waals surface area (Å²) in [6.07, 6.45) is 2.52. The summed E-state index contributed by atoms with van der Waals surface area (Å²) in [4.78, 5) is 15.7. The van der Waals surface area contributed by atoms with Crippen LogP contribution in [0.4, 0.5) is 0 Å². The van der Waals surface area contributed by atoms with Crippen molar-refractivity contribution in [2.24, 2.45) is 5.73 Å². The SMILES string of the molecule is CC(N)C(=O)NCc1nc(C2CC2)cs1. The lowest BCUT2D eigenvalue weighted by Crippen LogP contribution is -2.37. The normalized spacial score (nSPS) is 17.5. The number of aromatic nitrogens is 1. The Hall–Kier alpha value is -0.940. The lowest BCUT2D eigenvalue weighted by molar-refractivity contribution is -0.122. The van der Waals surface area contributed by atoms with Crippen LogP contribution in [0.2, 0.25) is 0 Å². The molecule has 0 bridgehead atoms. The highest BCUT2D eigenvalue weighted by Gasteiger charge is 2.25. The predicted molar refractivity (Wildman–Crippen MR) is 59.6 cm³/mol. The second-order valence-corrected chi connectivity index (χ2v) is 4.89. The molecule has 3 N–H and O–H groups in total. The minimum atomic E-state index is -0.451. The molecule has 1 aromatic rings. The monoisotopic (exact) mass is 225 g/mol. The second-order valence-electron chi connectivity index (χ2n) is 3.95. The largest absolute Gasteiger partial charge is 0.348 e. The molecule has 1 aliphatic carbocycles. The summed E-state index contributed by atoms with van der Waals surface area (Å²) in [6.45, 7) is 2.17. The van der Waals surface area contributed by atoms with Crippen molar-refractivity contribution < 1.29 is 4.79 Å². The summed E-state index contributed by atoms with van der Waals surface area (Å²) in [5, 5.41) is 5.81. The van der Waals surface area contributed by atoms with E-state index in [1.165, 1.54) is 18.5 Å². The van der Waals surface area contributed by atoms with Crippen LogP contribution in [0.15, 0.2) is 5.38 Å². The van der Waals surface area contributed by atoms with Crippen molar-refractivity contribution in [1.29, 1.82) is 0 Å². The van der Waals surface area contributed by atoms with Crippen LogP contribution in [0.25, 0.3) is 0 Å². The Kier molecular flexibility index (Phi) is 3.02. The second kappa shape index (κ2) is 4.28. The van der Waals surface area contributed by atoms with Crippen LogP contribution in [0.5, 0.6) is 0 Å². The molecule has 1 unspecified atom stereocenters. The van der Waals surface area contributed by atoms with Gasteiger partial charge < -0.3 is 11.1 Å². The standard InChI is InChI=1S/C10H15N3OS/c1-6(11)10(14)12-4-9-13-8(5-15-9)7-2-3-7/h5-7H,2-4,11H2,1H3,(H,12,14). The molecule has 1 amide bonds. The number of thiazole rings is 1. The van der Waals surface area contributed by atoms with Crippen LogP contribution >= 0.6 is 11.3 Å². The Morgan fingerprint density at radius 1 is 1.80 bits per heavy atom. The van der Waals surface area contributed by atoms with E-state index in [-0.39, 0.29) is 5.91 Å². The molecular weight excluding hydrogens is 210 g/mol. The third-order valence-electron chi connectivity index (χ3n) is 2.39. The van der Waals surface area contributed by atoms with E-state index in [4.69, 9.17) is 5.73 Å². The topological polar surface area (TPSA) is 68.0 Å². The molecule has 1 aromatic heterocycles. The van der Waals surface area contributed by atoms with E-state index in [2.05, 4.69) is 15.7 Å². The molecule has 0 aliphatic heterocycles. The molecular formula is C10H15N3OS. The third kappa shape index (κ3) is 2.76. The number of nitrogens with zero attached hydrogens (tertiary/aromatic N) is 1. The number of hydrogen-bond donors (Lipinski definition) is 2. The number of amides is 1. The summed E-state index contributed by atoms with van der Waals surface area (Å²) in [5.74, 6) is 0.553. The minimum Gasteiger partial charge on any atom is -0.348 e. The Bertz CT molecular complexity index is 357. The Labute approximate surface area is 92.9 Å². The summed E-state index contributed by atoms with van der Waals surface area (Å²) < 4.78 is 0. The minimum absolute atomic E-state index is 0.127. The summed E-state index contributed by atoms with van der Waals surface area (Å²) in [7, 11) is 0. The fraction of sp³-hybridized carbons (Fsp3) is 0.600. The van der Waals surface area contributed by atoms with Gasteiger partial charge in [-0.15, -0.1) is 11.3 Å². The van der Waals surface area contributed by atoms with Gasteiger partial charge in [0.15, 0.2) is 0 Å². The van der Waals surface area contributed by atoms with E-state index in [1.54, 1.807) is 18.3 Å². The van der Waals surface area contributed by atoms with E-state index in [0.717, 1.165) is 5.01 Å². The maximum absolute atomic E-state index is 11.2. The van der Waals surface area contributed by atoms with Crippen LogP contribution in [-0.2, 0) is 11.3 Å². The van der Waals surface area contributed by atoms with E-state index in [1.807, 2.05) is 0 Å². The average molecular weight is 225 g/mol. The number of nitrogens with two attached hydrogens (primary N) is 1. The van der Waals surface area contributed by atoms with Crippen molar-refractivity contribution in [1.82, 2.24) is 10.3 Å². The van der Waals surface area contributed by atoms with Gasteiger partial charge in [-0.3, -0.25) is 4.79 Å². The first kappa shape index (κ1) is 10.6. The third-order valence-corrected chi connectivity index (χ3v) is 3.26. The summed E-state index contributed by atoms with van der Waals surface area (Å²) >= 11 is 1.60. The van der Waals surface area contributed by atoms with Gasteiger partial charge in [0.2, 0.25) is 5.91 Å². The molecule has 15 heavy (non-hydrogen) atoms. The molecule has 1 atom stereocenters. The predicted octanol–water partition coefficient (Wildman–Crippen LogP) is 0.984. The molecule has 0 aromatic carbocycles. The number of rotatable bonds is 4. The molecule has 1 saturated carbocycles. The average Bonchev–Trinajstić information content (AvgIpc) is 2.95. The molecule has 2 rings (SSSR count). The highest BCUT2D eigenvalue weighted by Crippen LogP contribution is 2.40. The molecule has 0 spiro atoms. The van der Waals surface area contributed by atoms with Crippen LogP contribution in [0.1, 0.15) is 36.4 Å². The van der Waals surface area contributed by atoms with Crippen LogP contribution < -0.4 is 11.1 Å². The molecule has 82 valence electrons. The first-order chi connectivity index (χ1) is 7.16.